The molecule has 37 heavy (non-hydrogen) atoms. The standard InChI is InChI=1S/C20H24ClN7O5S3.ClH/c21-15-11(25-20(22)36-15)12(26-33)16(29)24-13-17(30)28-14(19(31)32)10(9-35-18(13)28)1-7-34-8-6-27-4-2-23-3-5-27;/h1,7,13,18,23,33H,2-6,8-9H2,(H2,22,25)(H,24,29)(H,31,32);1H/b7-1?,26-12-;/t13-,18-;/m1./s1. The number of carboxylic acids is 1. The number of nitrogens with one attached hydrogen (secondary N) is 2. The third-order valence-corrected chi connectivity index (χ3v) is 8.86. The van der Waals surface area contributed by atoms with Gasteiger partial charge in [0.2, 0.25) is 0 Å². The SMILES string of the molecule is Cl.Nc1nc(/C(=N/O)C(=O)N[C@@H]2C(=O)N3C(C(=O)O)=C(C=CSCCN4CCNCC4)CS[C@H]23)c(Cl)s1. The average Bonchev–Trinajstić information content (AvgIpc) is 3.20. The zero-order valence-electron chi connectivity index (χ0n) is 19.3. The van der Waals surface area contributed by atoms with Gasteiger partial charge in [-0.1, -0.05) is 28.1 Å². The molecule has 1 aromatic heterocycles. The lowest BCUT2D eigenvalue weighted by atomic mass is 10.0. The molecular weight excluding hydrogens is 585 g/mol. The number of hydrogen-bond donors (Lipinski definition) is 5. The lowest BCUT2D eigenvalue weighted by Gasteiger charge is -2.49. The number of allylic oxidation sites excluding steroid dienone is 1. The molecule has 3 aliphatic heterocycles. The first-order valence-corrected chi connectivity index (χ1v) is 14.2. The Morgan fingerprint density at radius 1 is 1.38 bits per heavy atom. The van der Waals surface area contributed by atoms with Crippen molar-refractivity contribution in [2.24, 2.45) is 5.16 Å². The van der Waals surface area contributed by atoms with Crippen LogP contribution in [0.25, 0.3) is 0 Å². The Kier molecular flexibility index (Phi) is 10.5. The second kappa shape index (κ2) is 13.2. The van der Waals surface area contributed by atoms with Crippen LogP contribution in [0.15, 0.2) is 27.9 Å². The Morgan fingerprint density at radius 2 is 2.11 bits per heavy atom. The molecule has 12 nitrogen and oxygen atoms in total. The first kappa shape index (κ1) is 29.5. The third-order valence-electron chi connectivity index (χ3n) is 5.73. The number of halogens is 2. The third kappa shape index (κ3) is 6.53. The van der Waals surface area contributed by atoms with Gasteiger partial charge in [0.1, 0.15) is 27.1 Å². The van der Waals surface area contributed by atoms with E-state index in [0.717, 1.165) is 49.8 Å². The Hall–Kier alpha value is -2.01. The monoisotopic (exact) mass is 609 g/mol. The number of piperazine rings is 1. The van der Waals surface area contributed by atoms with Gasteiger partial charge in [0, 0.05) is 44.2 Å². The number of rotatable bonds is 9. The van der Waals surface area contributed by atoms with Crippen LogP contribution in [0.4, 0.5) is 5.13 Å². The summed E-state index contributed by atoms with van der Waals surface area (Å²) < 4.78 is 0.0578. The van der Waals surface area contributed by atoms with Crippen molar-refractivity contribution in [3.05, 3.63) is 32.8 Å². The van der Waals surface area contributed by atoms with E-state index in [2.05, 4.69) is 25.7 Å². The highest BCUT2D eigenvalue weighted by atomic mass is 35.5. The maximum atomic E-state index is 12.9. The molecule has 0 aliphatic carbocycles. The van der Waals surface area contributed by atoms with Gasteiger partial charge in [-0.3, -0.25) is 19.4 Å². The largest absolute Gasteiger partial charge is 0.477 e. The van der Waals surface area contributed by atoms with E-state index in [9.17, 15) is 24.7 Å². The lowest BCUT2D eigenvalue weighted by molar-refractivity contribution is -0.150. The van der Waals surface area contributed by atoms with Crippen LogP contribution >= 0.6 is 58.9 Å². The van der Waals surface area contributed by atoms with Gasteiger partial charge in [0.05, 0.1) is 0 Å². The molecule has 0 spiro atoms. The van der Waals surface area contributed by atoms with Crippen molar-refractivity contribution >= 4 is 87.5 Å². The first-order valence-electron chi connectivity index (χ1n) is 10.9. The fourth-order valence-electron chi connectivity index (χ4n) is 3.96. The van der Waals surface area contributed by atoms with E-state index in [1.807, 2.05) is 5.41 Å². The second-order valence-corrected chi connectivity index (χ2v) is 11.7. The van der Waals surface area contributed by atoms with Gasteiger partial charge in [-0.05, 0) is 17.1 Å². The first-order chi connectivity index (χ1) is 17.3. The number of carbonyl (C=O) groups is 3. The van der Waals surface area contributed by atoms with Crippen LogP contribution in [0.2, 0.25) is 4.34 Å². The van der Waals surface area contributed by atoms with Gasteiger partial charge in [0.25, 0.3) is 11.8 Å². The van der Waals surface area contributed by atoms with Gasteiger partial charge in [-0.15, -0.1) is 35.9 Å². The lowest BCUT2D eigenvalue weighted by Crippen LogP contribution is -2.71. The summed E-state index contributed by atoms with van der Waals surface area (Å²) >= 11 is 9.83. The van der Waals surface area contributed by atoms with Crippen LogP contribution in [0.5, 0.6) is 0 Å². The zero-order valence-corrected chi connectivity index (χ0v) is 23.3. The van der Waals surface area contributed by atoms with E-state index in [0.29, 0.717) is 11.3 Å². The molecule has 0 aromatic carbocycles. The number of β-lactam (4-membered cyclic amide) rings is 1. The Morgan fingerprint density at radius 3 is 2.73 bits per heavy atom. The number of anilines is 1. The summed E-state index contributed by atoms with van der Waals surface area (Å²) in [6, 6.07) is -0.998. The van der Waals surface area contributed by atoms with Crippen molar-refractivity contribution in [1.29, 1.82) is 0 Å². The topological polar surface area (TPSA) is 173 Å². The molecule has 4 heterocycles. The molecule has 2 atom stereocenters. The highest BCUT2D eigenvalue weighted by molar-refractivity contribution is 8.02. The molecule has 0 unspecified atom stereocenters. The molecular formula is C20H25Cl2N7O5S3. The summed E-state index contributed by atoms with van der Waals surface area (Å²) in [7, 11) is 0. The zero-order chi connectivity index (χ0) is 25.8. The van der Waals surface area contributed by atoms with E-state index in [1.165, 1.54) is 16.7 Å². The van der Waals surface area contributed by atoms with Crippen LogP contribution in [-0.4, -0.2) is 104 Å². The highest BCUT2D eigenvalue weighted by Gasteiger charge is 2.54. The predicted octanol–water partition coefficient (Wildman–Crippen LogP) is 0.869. The fraction of sp³-hybridized carbons (Fsp3) is 0.450. The number of amides is 2. The minimum absolute atomic E-state index is 0. The van der Waals surface area contributed by atoms with Crippen LogP contribution in [0.1, 0.15) is 5.69 Å². The maximum absolute atomic E-state index is 12.9. The van der Waals surface area contributed by atoms with Crippen LogP contribution in [0.3, 0.4) is 0 Å². The Labute approximate surface area is 236 Å². The average molecular weight is 611 g/mol. The normalized spacial score (nSPS) is 22.5. The van der Waals surface area contributed by atoms with E-state index >= 15 is 0 Å². The number of nitrogens with zero attached hydrogens (tertiary/aromatic N) is 4. The number of thiazole rings is 1. The summed E-state index contributed by atoms with van der Waals surface area (Å²) in [5.41, 5.74) is 5.42. The molecule has 3 aliphatic rings. The summed E-state index contributed by atoms with van der Waals surface area (Å²) in [6.07, 6.45) is 1.74. The molecule has 6 N–H and O–H groups in total. The number of nitrogens with two attached hydrogens (primary N) is 1. The maximum Gasteiger partial charge on any atom is 0.352 e. The van der Waals surface area contributed by atoms with Gasteiger partial charge < -0.3 is 26.7 Å². The van der Waals surface area contributed by atoms with Crippen molar-refractivity contribution in [3.8, 4) is 0 Å². The van der Waals surface area contributed by atoms with Crippen LogP contribution < -0.4 is 16.4 Å². The molecule has 4 rings (SSSR count). The molecule has 2 amide bonds. The molecule has 202 valence electrons. The smallest absolute Gasteiger partial charge is 0.352 e. The Bertz CT molecular complexity index is 1140. The number of carbonyl (C=O) groups excluding carboxylic acids is 2. The Balaban J connectivity index is 0.00000380. The summed E-state index contributed by atoms with van der Waals surface area (Å²) in [4.78, 5) is 45.0. The molecule has 2 saturated heterocycles. The summed E-state index contributed by atoms with van der Waals surface area (Å²) in [6.45, 7) is 4.95. The number of nitrogen functional groups attached to an aromatic ring is 1. The van der Waals surface area contributed by atoms with Crippen LogP contribution in [-0.2, 0) is 14.4 Å². The minimum Gasteiger partial charge on any atom is -0.477 e. The van der Waals surface area contributed by atoms with Crippen LogP contribution in [0, 0.1) is 0 Å². The molecule has 1 aromatic rings. The van der Waals surface area contributed by atoms with Crippen molar-refractivity contribution < 1.29 is 24.7 Å². The number of carboxylic acid groups (broad SMARTS) is 1. The van der Waals surface area contributed by atoms with E-state index in [4.69, 9.17) is 17.3 Å². The van der Waals surface area contributed by atoms with Gasteiger partial charge >= 0.3 is 5.97 Å². The highest BCUT2D eigenvalue weighted by Crippen LogP contribution is 2.41. The van der Waals surface area contributed by atoms with Crippen molar-refractivity contribution in [1.82, 2.24) is 25.4 Å². The van der Waals surface area contributed by atoms with Crippen molar-refractivity contribution in [3.63, 3.8) is 0 Å². The predicted molar refractivity (Wildman–Crippen MR) is 148 cm³/mol. The van der Waals surface area contributed by atoms with Gasteiger partial charge in [-0.2, -0.15) is 0 Å². The number of oxime groups is 1. The number of aliphatic carboxylic acids is 1. The quantitative estimate of drug-likeness (QED) is 0.0883. The summed E-state index contributed by atoms with van der Waals surface area (Å²) in [5.74, 6) is -1.44. The number of hydrogen-bond acceptors (Lipinski definition) is 12. The minimum atomic E-state index is -1.22. The molecule has 2 fully saturated rings. The molecule has 0 saturated carbocycles. The second-order valence-electron chi connectivity index (χ2n) is 7.93. The van der Waals surface area contributed by atoms with E-state index < -0.39 is 34.9 Å². The molecule has 0 bridgehead atoms. The van der Waals surface area contributed by atoms with Gasteiger partial charge in [-0.25, -0.2) is 9.78 Å². The van der Waals surface area contributed by atoms with E-state index in [-0.39, 0.29) is 33.3 Å². The van der Waals surface area contributed by atoms with Crippen molar-refractivity contribution in [2.45, 2.75) is 11.4 Å². The van der Waals surface area contributed by atoms with Gasteiger partial charge in [0.15, 0.2) is 10.8 Å². The molecule has 0 radical (unpaired) electrons. The number of fused-ring (bicyclic) bond motifs is 1. The molecule has 17 heteroatoms. The van der Waals surface area contributed by atoms with E-state index in [1.54, 1.807) is 17.8 Å². The van der Waals surface area contributed by atoms with Crippen molar-refractivity contribution in [2.75, 3.05) is 50.0 Å². The fourth-order valence-corrected chi connectivity index (χ4v) is 6.97. The summed E-state index contributed by atoms with van der Waals surface area (Å²) in [5, 5.41) is 29.2. The number of aromatic nitrogens is 1. The number of thioether (sulfide) groups is 2.